The van der Waals surface area contributed by atoms with Gasteiger partial charge in [0, 0.05) is 17.0 Å². The first kappa shape index (κ1) is 24.7. The van der Waals surface area contributed by atoms with E-state index < -0.39 is 0 Å². The first-order valence-corrected chi connectivity index (χ1v) is 15.0. The fourth-order valence-corrected chi connectivity index (χ4v) is 6.78. The van der Waals surface area contributed by atoms with E-state index >= 15 is 0 Å². The van der Waals surface area contributed by atoms with E-state index in [1.807, 2.05) is 12.3 Å². The van der Waals surface area contributed by atoms with Crippen LogP contribution in [0.15, 0.2) is 158 Å². The van der Waals surface area contributed by atoms with Crippen molar-refractivity contribution in [3.8, 4) is 33.6 Å². The summed E-state index contributed by atoms with van der Waals surface area (Å²) in [4.78, 5) is 9.84. The first-order chi connectivity index (χ1) is 21.8. The van der Waals surface area contributed by atoms with Crippen LogP contribution in [0.2, 0.25) is 0 Å². The monoisotopic (exact) mass is 558 g/mol. The van der Waals surface area contributed by atoms with Crippen molar-refractivity contribution in [1.29, 1.82) is 0 Å². The molecule has 0 aliphatic heterocycles. The molecule has 9 rings (SSSR count). The highest BCUT2D eigenvalue weighted by molar-refractivity contribution is 6.25. The minimum atomic E-state index is 0.877. The fourth-order valence-electron chi connectivity index (χ4n) is 6.78. The number of pyridine rings is 2. The molecule has 44 heavy (non-hydrogen) atoms. The molecule has 0 spiro atoms. The summed E-state index contributed by atoms with van der Waals surface area (Å²) in [5.41, 5.74) is 7.46. The summed E-state index contributed by atoms with van der Waals surface area (Å²) in [5.74, 6) is 0. The number of hydrogen-bond acceptors (Lipinski definition) is 2. The molecule has 0 bridgehead atoms. The van der Waals surface area contributed by atoms with Gasteiger partial charge in [-0.2, -0.15) is 0 Å². The van der Waals surface area contributed by atoms with Gasteiger partial charge in [0.1, 0.15) is 0 Å². The van der Waals surface area contributed by atoms with Crippen LogP contribution in [-0.4, -0.2) is 9.97 Å². The van der Waals surface area contributed by atoms with Crippen molar-refractivity contribution >= 4 is 54.0 Å². The molecule has 0 amide bonds. The molecule has 0 fully saturated rings. The van der Waals surface area contributed by atoms with E-state index in [4.69, 9.17) is 9.97 Å². The molecule has 7 aromatic carbocycles. The molecule has 0 aliphatic rings. The van der Waals surface area contributed by atoms with Crippen LogP contribution in [0.1, 0.15) is 0 Å². The van der Waals surface area contributed by atoms with Gasteiger partial charge in [0.25, 0.3) is 0 Å². The smallest absolute Gasteiger partial charge is 0.0972 e. The fraction of sp³-hybridized carbons (Fsp3) is 0. The first-order valence-electron chi connectivity index (χ1n) is 15.0. The normalized spacial score (nSPS) is 11.6. The summed E-state index contributed by atoms with van der Waals surface area (Å²) < 4.78 is 0. The SMILES string of the molecule is c1ccc2c(c1)nc(-c1cc(-c3ccc(-c4ccc5c6ccccc6c6ccccc6c5c4)cc3)ccn1)c1ccccc12. The summed E-state index contributed by atoms with van der Waals surface area (Å²) in [6.45, 7) is 0. The van der Waals surface area contributed by atoms with Crippen molar-refractivity contribution < 1.29 is 0 Å². The largest absolute Gasteiger partial charge is 0.255 e. The van der Waals surface area contributed by atoms with Crippen molar-refractivity contribution in [2.24, 2.45) is 0 Å². The van der Waals surface area contributed by atoms with Crippen LogP contribution < -0.4 is 0 Å². The van der Waals surface area contributed by atoms with Crippen LogP contribution >= 0.6 is 0 Å². The van der Waals surface area contributed by atoms with Crippen molar-refractivity contribution in [2.45, 2.75) is 0 Å². The maximum atomic E-state index is 5.06. The van der Waals surface area contributed by atoms with Gasteiger partial charge in [-0.05, 0) is 84.2 Å². The second kappa shape index (κ2) is 9.86. The average Bonchev–Trinajstić information content (AvgIpc) is 3.11. The quantitative estimate of drug-likeness (QED) is 0.202. The molecule has 9 aromatic rings. The number of hydrogen-bond donors (Lipinski definition) is 0. The van der Waals surface area contributed by atoms with E-state index in [0.29, 0.717) is 0 Å². The van der Waals surface area contributed by atoms with Crippen LogP contribution in [0.4, 0.5) is 0 Å². The minimum Gasteiger partial charge on any atom is -0.255 e. The Labute approximate surface area is 254 Å². The highest BCUT2D eigenvalue weighted by atomic mass is 14.8. The second-order valence-corrected chi connectivity index (χ2v) is 11.4. The average molecular weight is 559 g/mol. The van der Waals surface area contributed by atoms with Gasteiger partial charge in [-0.1, -0.05) is 127 Å². The maximum absolute atomic E-state index is 5.06. The van der Waals surface area contributed by atoms with Gasteiger partial charge >= 0.3 is 0 Å². The lowest BCUT2D eigenvalue weighted by molar-refractivity contribution is 1.29. The molecule has 0 aliphatic carbocycles. The van der Waals surface area contributed by atoms with E-state index in [-0.39, 0.29) is 0 Å². The molecule has 0 unspecified atom stereocenters. The Kier molecular flexibility index (Phi) is 5.54. The van der Waals surface area contributed by atoms with Gasteiger partial charge in [0.05, 0.1) is 16.9 Å². The van der Waals surface area contributed by atoms with Gasteiger partial charge in [-0.15, -0.1) is 0 Å². The van der Waals surface area contributed by atoms with Crippen LogP contribution in [0.25, 0.3) is 87.6 Å². The molecule has 2 heteroatoms. The van der Waals surface area contributed by atoms with Crippen LogP contribution in [0.3, 0.4) is 0 Å². The van der Waals surface area contributed by atoms with Gasteiger partial charge in [0.2, 0.25) is 0 Å². The Hall–Kier alpha value is -5.86. The van der Waals surface area contributed by atoms with Crippen LogP contribution in [-0.2, 0) is 0 Å². The molecule has 0 saturated heterocycles. The zero-order chi connectivity index (χ0) is 29.0. The van der Waals surface area contributed by atoms with Gasteiger partial charge in [-0.3, -0.25) is 4.98 Å². The third kappa shape index (κ3) is 3.89. The summed E-state index contributed by atoms with van der Waals surface area (Å²) in [6, 6.07) is 54.3. The molecule has 2 heterocycles. The van der Waals surface area contributed by atoms with Crippen molar-refractivity contribution in [3.05, 3.63) is 158 Å². The zero-order valence-electron chi connectivity index (χ0n) is 23.9. The molecule has 0 atom stereocenters. The lowest BCUT2D eigenvalue weighted by Crippen LogP contribution is -1.92. The maximum Gasteiger partial charge on any atom is 0.0972 e. The van der Waals surface area contributed by atoms with Crippen molar-refractivity contribution in [1.82, 2.24) is 9.97 Å². The van der Waals surface area contributed by atoms with Crippen LogP contribution in [0, 0.1) is 0 Å². The van der Waals surface area contributed by atoms with Gasteiger partial charge < -0.3 is 0 Å². The molecular weight excluding hydrogens is 532 g/mol. The second-order valence-electron chi connectivity index (χ2n) is 11.4. The number of para-hydroxylation sites is 1. The standard InChI is InChI=1S/C42H26N2/c1-2-11-33-31(9-1)32-10-3-4-12-34(32)39-25-29(21-22-36(33)39)27-17-19-28(20-18-27)30-23-24-43-41(26-30)42-38-15-6-5-13-35(38)37-14-7-8-16-40(37)44-42/h1-26H. The Morgan fingerprint density at radius 2 is 0.773 bits per heavy atom. The highest BCUT2D eigenvalue weighted by Crippen LogP contribution is 2.38. The third-order valence-corrected chi connectivity index (χ3v) is 8.91. The summed E-state index contributed by atoms with van der Waals surface area (Å²) in [6.07, 6.45) is 1.89. The van der Waals surface area contributed by atoms with Crippen LogP contribution in [0.5, 0.6) is 0 Å². The lowest BCUT2D eigenvalue weighted by atomic mass is 9.92. The van der Waals surface area contributed by atoms with E-state index in [2.05, 4.69) is 146 Å². The number of fused-ring (bicyclic) bond motifs is 9. The molecule has 0 saturated carbocycles. The molecule has 0 radical (unpaired) electrons. The Morgan fingerprint density at radius 1 is 0.318 bits per heavy atom. The predicted octanol–water partition coefficient (Wildman–Crippen LogP) is 11.2. The molecule has 0 N–H and O–H groups in total. The molecule has 204 valence electrons. The van der Waals surface area contributed by atoms with E-state index in [1.54, 1.807) is 0 Å². The molecule has 2 nitrogen and oxygen atoms in total. The van der Waals surface area contributed by atoms with Gasteiger partial charge in [0.15, 0.2) is 0 Å². The highest BCUT2D eigenvalue weighted by Gasteiger charge is 2.13. The number of benzene rings is 7. The Morgan fingerprint density at radius 3 is 1.41 bits per heavy atom. The van der Waals surface area contributed by atoms with Crippen molar-refractivity contribution in [3.63, 3.8) is 0 Å². The minimum absolute atomic E-state index is 0.877. The zero-order valence-corrected chi connectivity index (χ0v) is 23.9. The van der Waals surface area contributed by atoms with Gasteiger partial charge in [-0.25, -0.2) is 4.98 Å². The number of rotatable bonds is 3. The number of nitrogens with zero attached hydrogens (tertiary/aromatic N) is 2. The summed E-state index contributed by atoms with van der Waals surface area (Å²) in [7, 11) is 0. The topological polar surface area (TPSA) is 25.8 Å². The van der Waals surface area contributed by atoms with E-state index in [1.165, 1.54) is 48.8 Å². The number of aromatic nitrogens is 2. The third-order valence-electron chi connectivity index (χ3n) is 8.91. The Bertz CT molecular complexity index is 2510. The summed E-state index contributed by atoms with van der Waals surface area (Å²) in [5, 5.41) is 11.2. The van der Waals surface area contributed by atoms with E-state index in [9.17, 15) is 0 Å². The Balaban J connectivity index is 1.12. The summed E-state index contributed by atoms with van der Waals surface area (Å²) >= 11 is 0. The van der Waals surface area contributed by atoms with E-state index in [0.717, 1.165) is 38.8 Å². The predicted molar refractivity (Wildman–Crippen MR) is 186 cm³/mol. The lowest BCUT2D eigenvalue weighted by Gasteiger charge is -2.12. The van der Waals surface area contributed by atoms with Crippen molar-refractivity contribution in [2.75, 3.05) is 0 Å². The molecular formula is C42H26N2. The molecule has 2 aromatic heterocycles.